The van der Waals surface area contributed by atoms with Crippen molar-refractivity contribution in [3.63, 3.8) is 0 Å². The number of carbonyl (C=O) groups excluding carboxylic acids is 1. The molecule has 1 aliphatic rings. The molecule has 2 amide bonds. The second kappa shape index (κ2) is 6.26. The molecule has 0 bridgehead atoms. The van der Waals surface area contributed by atoms with E-state index in [1.807, 2.05) is 11.0 Å². The summed E-state index contributed by atoms with van der Waals surface area (Å²) in [7, 11) is 0. The number of piperidine rings is 1. The summed E-state index contributed by atoms with van der Waals surface area (Å²) in [4.78, 5) is 18.1. The molecule has 0 aromatic carbocycles. The fourth-order valence-corrected chi connectivity index (χ4v) is 2.91. The molecule has 3 heterocycles. The first-order chi connectivity index (χ1) is 10.2. The van der Waals surface area contributed by atoms with Gasteiger partial charge in [0, 0.05) is 43.3 Å². The molecule has 0 atom stereocenters. The van der Waals surface area contributed by atoms with E-state index >= 15 is 0 Å². The number of aromatic nitrogens is 3. The number of H-pyrrole nitrogens is 1. The minimum Gasteiger partial charge on any atom is -0.324 e. The van der Waals surface area contributed by atoms with Crippen LogP contribution in [-0.2, 0) is 0 Å². The number of amides is 2. The van der Waals surface area contributed by atoms with E-state index in [0.717, 1.165) is 41.8 Å². The molecule has 2 aromatic rings. The minimum atomic E-state index is -0.0649. The van der Waals surface area contributed by atoms with E-state index in [1.54, 1.807) is 24.7 Å². The number of halogens is 1. The summed E-state index contributed by atoms with van der Waals surface area (Å²) in [6.45, 7) is 1.50. The molecule has 0 aliphatic carbocycles. The SMILES string of the molecule is O=C(Nc1ccncc1Br)N1CCC(c2ccn[nH]2)CC1. The van der Waals surface area contributed by atoms with Gasteiger partial charge in [0.2, 0.25) is 0 Å². The largest absolute Gasteiger partial charge is 0.324 e. The van der Waals surface area contributed by atoms with Crippen molar-refractivity contribution in [1.82, 2.24) is 20.1 Å². The first-order valence-corrected chi connectivity index (χ1v) is 7.68. The van der Waals surface area contributed by atoms with Crippen molar-refractivity contribution < 1.29 is 4.79 Å². The molecular formula is C14H16BrN5O. The van der Waals surface area contributed by atoms with Gasteiger partial charge in [-0.3, -0.25) is 10.1 Å². The number of nitrogens with one attached hydrogen (secondary N) is 2. The van der Waals surface area contributed by atoms with Gasteiger partial charge in [-0.2, -0.15) is 5.10 Å². The Morgan fingerprint density at radius 2 is 2.14 bits per heavy atom. The molecular weight excluding hydrogens is 334 g/mol. The smallest absolute Gasteiger partial charge is 0.321 e. The molecule has 0 saturated carbocycles. The highest BCUT2D eigenvalue weighted by Gasteiger charge is 2.24. The monoisotopic (exact) mass is 349 g/mol. The second-order valence-electron chi connectivity index (χ2n) is 5.06. The molecule has 21 heavy (non-hydrogen) atoms. The molecule has 2 N–H and O–H groups in total. The molecule has 7 heteroatoms. The lowest BCUT2D eigenvalue weighted by Crippen LogP contribution is -2.40. The van der Waals surface area contributed by atoms with E-state index in [0.29, 0.717) is 5.92 Å². The standard InChI is InChI=1S/C14H16BrN5O/c15-11-9-16-5-1-13(11)18-14(21)20-7-3-10(4-8-20)12-2-6-17-19-12/h1-2,5-6,9-10H,3-4,7-8H2,(H,17,19)(H,16,18,21). The summed E-state index contributed by atoms with van der Waals surface area (Å²) in [5.41, 5.74) is 1.90. The second-order valence-corrected chi connectivity index (χ2v) is 5.91. The number of aromatic amines is 1. The summed E-state index contributed by atoms with van der Waals surface area (Å²) >= 11 is 3.38. The maximum Gasteiger partial charge on any atom is 0.321 e. The van der Waals surface area contributed by atoms with E-state index < -0.39 is 0 Å². The zero-order valence-electron chi connectivity index (χ0n) is 11.4. The van der Waals surface area contributed by atoms with Gasteiger partial charge in [0.25, 0.3) is 0 Å². The minimum absolute atomic E-state index is 0.0649. The van der Waals surface area contributed by atoms with Gasteiger partial charge >= 0.3 is 6.03 Å². The van der Waals surface area contributed by atoms with Crippen LogP contribution < -0.4 is 5.32 Å². The fraction of sp³-hybridized carbons (Fsp3) is 0.357. The summed E-state index contributed by atoms with van der Waals surface area (Å²) in [5, 5.41) is 9.91. The quantitative estimate of drug-likeness (QED) is 0.875. The summed E-state index contributed by atoms with van der Waals surface area (Å²) < 4.78 is 0.783. The van der Waals surface area contributed by atoms with E-state index in [1.165, 1.54) is 0 Å². The molecule has 0 unspecified atom stereocenters. The van der Waals surface area contributed by atoms with Crippen molar-refractivity contribution in [3.8, 4) is 0 Å². The zero-order valence-corrected chi connectivity index (χ0v) is 13.0. The Bertz CT molecular complexity index is 608. The highest BCUT2D eigenvalue weighted by atomic mass is 79.9. The van der Waals surface area contributed by atoms with Gasteiger partial charge in [-0.15, -0.1) is 0 Å². The number of carbonyl (C=O) groups is 1. The summed E-state index contributed by atoms with van der Waals surface area (Å²) in [6, 6.07) is 3.72. The Hall–Kier alpha value is -1.89. The fourth-order valence-electron chi connectivity index (χ4n) is 2.56. The molecule has 1 saturated heterocycles. The van der Waals surface area contributed by atoms with Crippen LogP contribution in [-0.4, -0.2) is 39.2 Å². The van der Waals surface area contributed by atoms with Gasteiger partial charge in [-0.1, -0.05) is 0 Å². The van der Waals surface area contributed by atoms with Crippen LogP contribution >= 0.6 is 15.9 Å². The van der Waals surface area contributed by atoms with Gasteiger partial charge in [0.15, 0.2) is 0 Å². The Morgan fingerprint density at radius 3 is 2.81 bits per heavy atom. The van der Waals surface area contributed by atoms with Crippen LogP contribution in [0.1, 0.15) is 24.5 Å². The van der Waals surface area contributed by atoms with Crippen molar-refractivity contribution in [2.24, 2.45) is 0 Å². The van der Waals surface area contributed by atoms with Crippen LogP contribution in [0.2, 0.25) is 0 Å². The van der Waals surface area contributed by atoms with E-state index in [2.05, 4.69) is 36.4 Å². The van der Waals surface area contributed by atoms with E-state index in [9.17, 15) is 4.79 Å². The van der Waals surface area contributed by atoms with Crippen molar-refractivity contribution >= 4 is 27.6 Å². The number of anilines is 1. The van der Waals surface area contributed by atoms with Gasteiger partial charge in [-0.05, 0) is 40.9 Å². The van der Waals surface area contributed by atoms with Crippen molar-refractivity contribution in [1.29, 1.82) is 0 Å². The van der Waals surface area contributed by atoms with Crippen LogP contribution in [0, 0.1) is 0 Å². The Labute approximate surface area is 131 Å². The predicted molar refractivity (Wildman–Crippen MR) is 83.1 cm³/mol. The average Bonchev–Trinajstić information content (AvgIpc) is 3.04. The van der Waals surface area contributed by atoms with Gasteiger partial charge < -0.3 is 10.2 Å². The van der Waals surface area contributed by atoms with Crippen LogP contribution in [0.5, 0.6) is 0 Å². The van der Waals surface area contributed by atoms with Gasteiger partial charge in [-0.25, -0.2) is 4.79 Å². The Kier molecular flexibility index (Phi) is 4.19. The van der Waals surface area contributed by atoms with Crippen LogP contribution in [0.25, 0.3) is 0 Å². The number of hydrogen-bond acceptors (Lipinski definition) is 3. The number of pyridine rings is 1. The average molecular weight is 350 g/mol. The van der Waals surface area contributed by atoms with Crippen molar-refractivity contribution in [2.45, 2.75) is 18.8 Å². The van der Waals surface area contributed by atoms with Crippen molar-refractivity contribution in [3.05, 3.63) is 40.9 Å². The lowest BCUT2D eigenvalue weighted by Gasteiger charge is -2.31. The predicted octanol–water partition coefficient (Wildman–Crippen LogP) is 2.98. The number of urea groups is 1. The third-order valence-electron chi connectivity index (χ3n) is 3.76. The van der Waals surface area contributed by atoms with Crippen LogP contribution in [0.3, 0.4) is 0 Å². The van der Waals surface area contributed by atoms with Crippen LogP contribution in [0.4, 0.5) is 10.5 Å². The molecule has 1 aliphatic heterocycles. The van der Waals surface area contributed by atoms with Gasteiger partial charge in [0.1, 0.15) is 0 Å². The number of hydrogen-bond donors (Lipinski definition) is 2. The third-order valence-corrected chi connectivity index (χ3v) is 4.39. The maximum atomic E-state index is 12.3. The van der Waals surface area contributed by atoms with Crippen molar-refractivity contribution in [2.75, 3.05) is 18.4 Å². The molecule has 0 spiro atoms. The Morgan fingerprint density at radius 1 is 1.33 bits per heavy atom. The first kappa shape index (κ1) is 14.1. The topological polar surface area (TPSA) is 73.9 Å². The normalized spacial score (nSPS) is 16.0. The Balaban J connectivity index is 1.57. The van der Waals surface area contributed by atoms with Crippen LogP contribution in [0.15, 0.2) is 35.2 Å². The van der Waals surface area contributed by atoms with Gasteiger partial charge in [0.05, 0.1) is 10.2 Å². The van der Waals surface area contributed by atoms with E-state index in [-0.39, 0.29) is 6.03 Å². The molecule has 6 nitrogen and oxygen atoms in total. The first-order valence-electron chi connectivity index (χ1n) is 6.89. The number of rotatable bonds is 2. The number of nitrogens with zero attached hydrogens (tertiary/aromatic N) is 3. The zero-order chi connectivity index (χ0) is 14.7. The highest BCUT2D eigenvalue weighted by Crippen LogP contribution is 2.27. The lowest BCUT2D eigenvalue weighted by molar-refractivity contribution is 0.194. The molecule has 2 aromatic heterocycles. The number of likely N-dealkylation sites (tertiary alicyclic amines) is 1. The maximum absolute atomic E-state index is 12.3. The highest BCUT2D eigenvalue weighted by molar-refractivity contribution is 9.10. The molecule has 110 valence electrons. The lowest BCUT2D eigenvalue weighted by atomic mass is 9.94. The summed E-state index contributed by atoms with van der Waals surface area (Å²) in [6.07, 6.45) is 7.00. The molecule has 1 fully saturated rings. The summed E-state index contributed by atoms with van der Waals surface area (Å²) in [5.74, 6) is 0.462. The third kappa shape index (κ3) is 3.24. The molecule has 3 rings (SSSR count). The molecule has 0 radical (unpaired) electrons. The van der Waals surface area contributed by atoms with E-state index in [4.69, 9.17) is 0 Å².